The molecule has 0 spiro atoms. The van der Waals surface area contributed by atoms with Gasteiger partial charge in [0.2, 0.25) is 5.91 Å². The van der Waals surface area contributed by atoms with E-state index in [0.29, 0.717) is 6.54 Å². The van der Waals surface area contributed by atoms with Crippen LogP contribution in [0, 0.1) is 5.92 Å². The molecule has 1 atom stereocenters. The van der Waals surface area contributed by atoms with E-state index in [0.717, 1.165) is 30.3 Å². The number of hydrogen-bond acceptors (Lipinski definition) is 3. The van der Waals surface area contributed by atoms with Gasteiger partial charge in [0, 0.05) is 18.9 Å². The highest BCUT2D eigenvalue weighted by Crippen LogP contribution is 2.18. The summed E-state index contributed by atoms with van der Waals surface area (Å²) in [5.74, 6) is 0.878. The molecule has 5 nitrogen and oxygen atoms in total. The lowest BCUT2D eigenvalue weighted by Crippen LogP contribution is -2.47. The third kappa shape index (κ3) is 3.85. The Labute approximate surface area is 143 Å². The van der Waals surface area contributed by atoms with Crippen LogP contribution in [0.2, 0.25) is 0 Å². The molecule has 1 aliphatic heterocycles. The molecule has 3 rings (SSSR count). The maximum absolute atomic E-state index is 12.5. The second kappa shape index (κ2) is 7.62. The first-order valence-electron chi connectivity index (χ1n) is 8.73. The number of nitrogens with zero attached hydrogens (tertiary/aromatic N) is 3. The molecular weight excluding hydrogens is 300 g/mol. The third-order valence-electron chi connectivity index (χ3n) is 4.97. The Kier molecular flexibility index (Phi) is 5.30. The van der Waals surface area contributed by atoms with Crippen molar-refractivity contribution < 1.29 is 4.79 Å². The van der Waals surface area contributed by atoms with Crippen LogP contribution in [0.4, 0.5) is 0 Å². The van der Waals surface area contributed by atoms with E-state index in [1.807, 2.05) is 42.0 Å². The molecule has 0 aliphatic carbocycles. The van der Waals surface area contributed by atoms with E-state index in [1.165, 1.54) is 12.8 Å². The van der Waals surface area contributed by atoms with E-state index in [9.17, 15) is 4.79 Å². The average molecular weight is 326 g/mol. The van der Waals surface area contributed by atoms with E-state index in [-0.39, 0.29) is 11.9 Å². The number of para-hydroxylation sites is 1. The number of carbonyl (C=O) groups is 1. The van der Waals surface area contributed by atoms with Crippen molar-refractivity contribution in [1.82, 2.24) is 19.8 Å². The van der Waals surface area contributed by atoms with Crippen molar-refractivity contribution in [2.75, 3.05) is 13.1 Å². The first kappa shape index (κ1) is 16.7. The topological polar surface area (TPSA) is 50.2 Å². The van der Waals surface area contributed by atoms with Crippen molar-refractivity contribution in [3.05, 3.63) is 48.5 Å². The number of benzene rings is 1. The minimum atomic E-state index is -0.0714. The van der Waals surface area contributed by atoms with Crippen LogP contribution in [-0.4, -0.2) is 39.5 Å². The second-order valence-electron chi connectivity index (χ2n) is 6.71. The van der Waals surface area contributed by atoms with Gasteiger partial charge >= 0.3 is 0 Å². The Morgan fingerprint density at radius 2 is 2.08 bits per heavy atom. The number of piperidine rings is 1. The summed E-state index contributed by atoms with van der Waals surface area (Å²) < 4.78 is 1.97. The van der Waals surface area contributed by atoms with Crippen LogP contribution in [0.25, 0.3) is 5.69 Å². The normalized spacial score (nSPS) is 17.6. The van der Waals surface area contributed by atoms with Gasteiger partial charge in [-0.25, -0.2) is 4.98 Å². The van der Waals surface area contributed by atoms with Gasteiger partial charge in [0.05, 0.1) is 18.1 Å². The van der Waals surface area contributed by atoms with Crippen molar-refractivity contribution in [2.45, 2.75) is 39.3 Å². The average Bonchev–Trinajstić information content (AvgIpc) is 3.14. The van der Waals surface area contributed by atoms with Gasteiger partial charge in [0.15, 0.2) is 0 Å². The van der Waals surface area contributed by atoms with Gasteiger partial charge in [0.25, 0.3) is 0 Å². The van der Waals surface area contributed by atoms with E-state index in [4.69, 9.17) is 0 Å². The maximum Gasteiger partial charge on any atom is 0.237 e. The predicted octanol–water partition coefficient (Wildman–Crippen LogP) is 2.61. The van der Waals surface area contributed by atoms with Crippen LogP contribution in [0.1, 0.15) is 32.3 Å². The largest absolute Gasteiger partial charge is 0.351 e. The lowest BCUT2D eigenvalue weighted by atomic mass is 9.98. The maximum atomic E-state index is 12.5. The van der Waals surface area contributed by atoms with Crippen LogP contribution in [0.15, 0.2) is 43.0 Å². The van der Waals surface area contributed by atoms with Crippen LogP contribution in [0.5, 0.6) is 0 Å². The van der Waals surface area contributed by atoms with Gasteiger partial charge in [0.1, 0.15) is 0 Å². The number of aromatic nitrogens is 2. The fourth-order valence-corrected chi connectivity index (χ4v) is 3.23. The lowest BCUT2D eigenvalue weighted by molar-refractivity contribution is -0.126. The molecular formula is C19H26N4O. The van der Waals surface area contributed by atoms with Gasteiger partial charge in [-0.3, -0.25) is 9.69 Å². The molecule has 128 valence electrons. The fraction of sp³-hybridized carbons (Fsp3) is 0.474. The molecule has 2 heterocycles. The van der Waals surface area contributed by atoms with Gasteiger partial charge in [-0.1, -0.05) is 25.1 Å². The number of imidazole rings is 1. The second-order valence-corrected chi connectivity index (χ2v) is 6.71. The Morgan fingerprint density at radius 1 is 1.33 bits per heavy atom. The smallest absolute Gasteiger partial charge is 0.237 e. The first-order chi connectivity index (χ1) is 11.6. The molecule has 1 saturated heterocycles. The van der Waals surface area contributed by atoms with E-state index < -0.39 is 0 Å². The Balaban J connectivity index is 1.61. The number of rotatable bonds is 5. The number of nitrogens with one attached hydrogen (secondary N) is 1. The summed E-state index contributed by atoms with van der Waals surface area (Å²) in [6.45, 7) is 6.85. The van der Waals surface area contributed by atoms with E-state index in [2.05, 4.69) is 22.1 Å². The first-order valence-corrected chi connectivity index (χ1v) is 8.73. The Morgan fingerprint density at radius 3 is 2.79 bits per heavy atom. The minimum Gasteiger partial charge on any atom is -0.351 e. The Bertz CT molecular complexity index is 660. The molecule has 1 amide bonds. The molecule has 1 fully saturated rings. The molecule has 1 aromatic carbocycles. The number of likely N-dealkylation sites (tertiary alicyclic amines) is 1. The van der Waals surface area contributed by atoms with Crippen molar-refractivity contribution >= 4 is 5.91 Å². The summed E-state index contributed by atoms with van der Waals surface area (Å²) in [6, 6.07) is 8.01. The van der Waals surface area contributed by atoms with Gasteiger partial charge in [-0.05, 0) is 50.4 Å². The zero-order chi connectivity index (χ0) is 16.9. The molecule has 0 bridgehead atoms. The third-order valence-corrected chi connectivity index (χ3v) is 4.97. The van der Waals surface area contributed by atoms with Crippen LogP contribution in [0.3, 0.4) is 0 Å². The zero-order valence-corrected chi connectivity index (χ0v) is 14.5. The summed E-state index contributed by atoms with van der Waals surface area (Å²) in [6.07, 6.45) is 7.81. The highest BCUT2D eigenvalue weighted by Gasteiger charge is 2.24. The van der Waals surface area contributed by atoms with Crippen molar-refractivity contribution in [3.8, 4) is 5.69 Å². The molecule has 1 N–H and O–H groups in total. The molecule has 1 unspecified atom stereocenters. The van der Waals surface area contributed by atoms with Gasteiger partial charge in [-0.2, -0.15) is 0 Å². The van der Waals surface area contributed by atoms with Crippen LogP contribution >= 0.6 is 0 Å². The number of amides is 1. The summed E-state index contributed by atoms with van der Waals surface area (Å²) in [7, 11) is 0. The molecule has 1 aromatic heterocycles. The van der Waals surface area contributed by atoms with Crippen molar-refractivity contribution in [3.63, 3.8) is 0 Å². The summed E-state index contributed by atoms with van der Waals surface area (Å²) in [4.78, 5) is 18.9. The molecule has 0 radical (unpaired) electrons. The van der Waals surface area contributed by atoms with Crippen LogP contribution < -0.4 is 5.32 Å². The monoisotopic (exact) mass is 326 g/mol. The number of carbonyl (C=O) groups excluding carboxylic acids is 1. The predicted molar refractivity (Wildman–Crippen MR) is 94.8 cm³/mol. The minimum absolute atomic E-state index is 0.0714. The zero-order valence-electron chi connectivity index (χ0n) is 14.5. The van der Waals surface area contributed by atoms with Gasteiger partial charge < -0.3 is 9.88 Å². The molecule has 24 heavy (non-hydrogen) atoms. The summed E-state index contributed by atoms with van der Waals surface area (Å²) in [5.41, 5.74) is 2.14. The number of hydrogen-bond donors (Lipinski definition) is 1. The standard InChI is InChI=1S/C19H26N4O/c1-15-7-10-22(11-8-15)16(2)19(24)21-13-17-5-3-4-6-18(17)23-12-9-20-14-23/h3-6,9,12,14-16H,7-8,10-11,13H2,1-2H3,(H,21,24). The van der Waals surface area contributed by atoms with E-state index >= 15 is 0 Å². The Hall–Kier alpha value is -2.14. The summed E-state index contributed by atoms with van der Waals surface area (Å²) >= 11 is 0. The van der Waals surface area contributed by atoms with Gasteiger partial charge in [-0.15, -0.1) is 0 Å². The molecule has 1 aliphatic rings. The highest BCUT2D eigenvalue weighted by molar-refractivity contribution is 5.81. The van der Waals surface area contributed by atoms with Crippen molar-refractivity contribution in [2.24, 2.45) is 5.92 Å². The SMILES string of the molecule is CC1CCN(C(C)C(=O)NCc2ccccc2-n2ccnc2)CC1. The highest BCUT2D eigenvalue weighted by atomic mass is 16.2. The molecule has 0 saturated carbocycles. The molecule has 5 heteroatoms. The quantitative estimate of drug-likeness (QED) is 0.919. The molecule has 2 aromatic rings. The van der Waals surface area contributed by atoms with Crippen molar-refractivity contribution in [1.29, 1.82) is 0 Å². The lowest BCUT2D eigenvalue weighted by Gasteiger charge is -2.34. The van der Waals surface area contributed by atoms with E-state index in [1.54, 1.807) is 12.5 Å². The summed E-state index contributed by atoms with van der Waals surface area (Å²) in [5, 5.41) is 3.10. The fourth-order valence-electron chi connectivity index (χ4n) is 3.23. The van der Waals surface area contributed by atoms with Crippen LogP contribution in [-0.2, 0) is 11.3 Å².